The molecule has 0 aromatic carbocycles. The number of furan rings is 1. The summed E-state index contributed by atoms with van der Waals surface area (Å²) in [5.41, 5.74) is 2.62. The van der Waals surface area contributed by atoms with Gasteiger partial charge in [0.25, 0.3) is 5.56 Å². The average molecular weight is 326 g/mol. The third kappa shape index (κ3) is 2.94. The predicted octanol–water partition coefficient (Wildman–Crippen LogP) is 1.16. The van der Waals surface area contributed by atoms with Crippen LogP contribution in [0.5, 0.6) is 0 Å². The Labute approximate surface area is 117 Å². The third-order valence-electron chi connectivity index (χ3n) is 2.66. The van der Waals surface area contributed by atoms with Crippen LogP contribution in [0.2, 0.25) is 0 Å². The van der Waals surface area contributed by atoms with Gasteiger partial charge in [-0.25, -0.2) is 5.84 Å². The van der Waals surface area contributed by atoms with Gasteiger partial charge >= 0.3 is 5.91 Å². The summed E-state index contributed by atoms with van der Waals surface area (Å²) in [5.74, 6) is 5.23. The zero-order chi connectivity index (χ0) is 14.0. The lowest BCUT2D eigenvalue weighted by Crippen LogP contribution is -2.29. The maximum absolute atomic E-state index is 11.7. The van der Waals surface area contributed by atoms with Gasteiger partial charge in [0, 0.05) is 22.3 Å². The summed E-state index contributed by atoms with van der Waals surface area (Å²) in [6.45, 7) is 2.05. The van der Waals surface area contributed by atoms with Crippen molar-refractivity contribution in [2.75, 3.05) is 0 Å². The monoisotopic (exact) mass is 325 g/mol. The van der Waals surface area contributed by atoms with Crippen LogP contribution in [0.1, 0.15) is 21.9 Å². The van der Waals surface area contributed by atoms with Gasteiger partial charge in [-0.15, -0.1) is 0 Å². The SMILES string of the molecule is Cc1oc(C(=O)NN)cc1Cn1cc(Br)ccc1=O. The highest BCUT2D eigenvalue weighted by Gasteiger charge is 2.14. The molecule has 100 valence electrons. The Kier molecular flexibility index (Phi) is 3.87. The molecule has 19 heavy (non-hydrogen) atoms. The molecule has 0 saturated carbocycles. The lowest BCUT2D eigenvalue weighted by Gasteiger charge is -2.04. The summed E-state index contributed by atoms with van der Waals surface area (Å²) in [6, 6.07) is 4.71. The van der Waals surface area contributed by atoms with Crippen molar-refractivity contribution in [3.8, 4) is 0 Å². The van der Waals surface area contributed by atoms with Gasteiger partial charge in [-0.05, 0) is 35.0 Å². The van der Waals surface area contributed by atoms with Gasteiger partial charge < -0.3 is 8.98 Å². The van der Waals surface area contributed by atoms with Crippen molar-refractivity contribution >= 4 is 21.8 Å². The molecule has 0 fully saturated rings. The smallest absolute Gasteiger partial charge is 0.300 e. The first-order valence-electron chi connectivity index (χ1n) is 5.47. The van der Waals surface area contributed by atoms with Crippen molar-refractivity contribution < 1.29 is 9.21 Å². The number of aryl methyl sites for hydroxylation is 1. The number of hydrogen-bond acceptors (Lipinski definition) is 4. The Balaban J connectivity index is 2.33. The zero-order valence-corrected chi connectivity index (χ0v) is 11.7. The molecule has 0 atom stereocenters. The van der Waals surface area contributed by atoms with E-state index in [9.17, 15) is 9.59 Å². The topological polar surface area (TPSA) is 90.3 Å². The van der Waals surface area contributed by atoms with Crippen LogP contribution in [0, 0.1) is 6.92 Å². The van der Waals surface area contributed by atoms with Gasteiger partial charge in [-0.2, -0.15) is 0 Å². The lowest BCUT2D eigenvalue weighted by molar-refractivity contribution is 0.0924. The van der Waals surface area contributed by atoms with Gasteiger partial charge in [0.05, 0.1) is 6.54 Å². The van der Waals surface area contributed by atoms with Crippen LogP contribution in [0.25, 0.3) is 0 Å². The molecule has 0 saturated heterocycles. The van der Waals surface area contributed by atoms with Crippen LogP contribution in [0.15, 0.2) is 38.1 Å². The normalized spacial score (nSPS) is 10.5. The molecule has 0 radical (unpaired) electrons. The molecule has 2 aromatic heterocycles. The van der Waals surface area contributed by atoms with Crippen molar-refractivity contribution in [2.24, 2.45) is 5.84 Å². The Morgan fingerprint density at radius 1 is 1.53 bits per heavy atom. The number of carbonyl (C=O) groups is 1. The van der Waals surface area contributed by atoms with Crippen LogP contribution < -0.4 is 16.8 Å². The number of pyridine rings is 1. The highest BCUT2D eigenvalue weighted by Crippen LogP contribution is 2.16. The third-order valence-corrected chi connectivity index (χ3v) is 3.13. The molecule has 0 aliphatic heterocycles. The molecule has 0 aliphatic carbocycles. The number of nitrogen functional groups attached to an aromatic ring is 1. The molecule has 7 heteroatoms. The Hall–Kier alpha value is -1.86. The molecule has 2 rings (SSSR count). The predicted molar refractivity (Wildman–Crippen MR) is 72.6 cm³/mol. The molecular weight excluding hydrogens is 314 g/mol. The first-order valence-corrected chi connectivity index (χ1v) is 6.27. The van der Waals surface area contributed by atoms with Crippen LogP contribution in [0.4, 0.5) is 0 Å². The van der Waals surface area contributed by atoms with E-state index in [0.29, 0.717) is 12.3 Å². The second kappa shape index (κ2) is 5.41. The Morgan fingerprint density at radius 2 is 2.26 bits per heavy atom. The van der Waals surface area contributed by atoms with E-state index in [1.165, 1.54) is 10.6 Å². The summed E-state index contributed by atoms with van der Waals surface area (Å²) in [6.07, 6.45) is 1.68. The maximum atomic E-state index is 11.7. The highest BCUT2D eigenvalue weighted by molar-refractivity contribution is 9.10. The van der Waals surface area contributed by atoms with Gasteiger partial charge in [-0.3, -0.25) is 15.0 Å². The minimum absolute atomic E-state index is 0.123. The zero-order valence-electron chi connectivity index (χ0n) is 10.1. The number of nitrogens with zero attached hydrogens (tertiary/aromatic N) is 1. The van der Waals surface area contributed by atoms with E-state index in [4.69, 9.17) is 10.3 Å². The number of amides is 1. The van der Waals surface area contributed by atoms with Crippen molar-refractivity contribution in [1.82, 2.24) is 9.99 Å². The van der Waals surface area contributed by atoms with Gasteiger partial charge in [-0.1, -0.05) is 0 Å². The highest BCUT2D eigenvalue weighted by atomic mass is 79.9. The van der Waals surface area contributed by atoms with E-state index in [-0.39, 0.29) is 11.3 Å². The second-order valence-electron chi connectivity index (χ2n) is 3.98. The van der Waals surface area contributed by atoms with Crippen molar-refractivity contribution in [3.63, 3.8) is 0 Å². The number of halogens is 1. The standard InChI is InChI=1S/C12H12BrN3O3/c1-7-8(4-10(19-7)12(18)15-14)5-16-6-9(13)2-3-11(16)17/h2-4,6H,5,14H2,1H3,(H,15,18). The minimum atomic E-state index is -0.504. The van der Waals surface area contributed by atoms with E-state index in [0.717, 1.165) is 10.0 Å². The molecule has 0 aliphatic rings. The van der Waals surface area contributed by atoms with Crippen molar-refractivity contribution in [2.45, 2.75) is 13.5 Å². The average Bonchev–Trinajstić information content (AvgIpc) is 2.74. The number of hydrazine groups is 1. The van der Waals surface area contributed by atoms with E-state index in [2.05, 4.69) is 15.9 Å². The molecule has 2 heterocycles. The van der Waals surface area contributed by atoms with Crippen LogP contribution in [-0.2, 0) is 6.54 Å². The quantitative estimate of drug-likeness (QED) is 0.503. The summed E-state index contributed by atoms with van der Waals surface area (Å²) in [5, 5.41) is 0. The Bertz CT molecular complexity index is 675. The van der Waals surface area contributed by atoms with Gasteiger partial charge in [0.2, 0.25) is 0 Å². The summed E-state index contributed by atoms with van der Waals surface area (Å²) in [4.78, 5) is 23.0. The van der Waals surface area contributed by atoms with E-state index in [1.54, 1.807) is 25.3 Å². The van der Waals surface area contributed by atoms with Crippen LogP contribution in [-0.4, -0.2) is 10.5 Å². The van der Waals surface area contributed by atoms with Gasteiger partial charge in [0.15, 0.2) is 5.76 Å². The lowest BCUT2D eigenvalue weighted by atomic mass is 10.2. The number of hydrogen-bond donors (Lipinski definition) is 2. The van der Waals surface area contributed by atoms with E-state index < -0.39 is 5.91 Å². The fraction of sp³-hybridized carbons (Fsp3) is 0.167. The second-order valence-corrected chi connectivity index (χ2v) is 4.89. The first kappa shape index (κ1) is 13.6. The molecule has 0 unspecified atom stereocenters. The van der Waals surface area contributed by atoms with Gasteiger partial charge in [0.1, 0.15) is 5.76 Å². The largest absolute Gasteiger partial charge is 0.456 e. The molecule has 2 aromatic rings. The minimum Gasteiger partial charge on any atom is -0.456 e. The summed E-state index contributed by atoms with van der Waals surface area (Å²) in [7, 11) is 0. The number of aromatic nitrogens is 1. The molecular formula is C12H12BrN3O3. The van der Waals surface area contributed by atoms with Crippen LogP contribution in [0.3, 0.4) is 0 Å². The van der Waals surface area contributed by atoms with E-state index >= 15 is 0 Å². The molecule has 0 bridgehead atoms. The summed E-state index contributed by atoms with van der Waals surface area (Å²) >= 11 is 3.30. The maximum Gasteiger partial charge on any atom is 0.300 e. The molecule has 3 N–H and O–H groups in total. The number of nitrogens with one attached hydrogen (secondary N) is 1. The number of carbonyl (C=O) groups excluding carboxylic acids is 1. The fourth-order valence-electron chi connectivity index (χ4n) is 1.67. The number of nitrogens with two attached hydrogens (primary N) is 1. The number of rotatable bonds is 3. The van der Waals surface area contributed by atoms with Crippen molar-refractivity contribution in [3.05, 3.63) is 56.3 Å². The molecule has 0 spiro atoms. The Morgan fingerprint density at radius 3 is 2.95 bits per heavy atom. The fourth-order valence-corrected chi connectivity index (χ4v) is 2.05. The molecule has 1 amide bonds. The van der Waals surface area contributed by atoms with Crippen LogP contribution >= 0.6 is 15.9 Å². The summed E-state index contributed by atoms with van der Waals surface area (Å²) < 4.78 is 7.61. The van der Waals surface area contributed by atoms with E-state index in [1.807, 2.05) is 5.43 Å². The first-order chi connectivity index (χ1) is 9.01. The van der Waals surface area contributed by atoms with Crippen molar-refractivity contribution in [1.29, 1.82) is 0 Å². The molecule has 6 nitrogen and oxygen atoms in total.